The molecule has 0 radical (unpaired) electrons. The molecule has 96 valence electrons. The van der Waals surface area contributed by atoms with Crippen LogP contribution in [0.25, 0.3) is 0 Å². The molecule has 3 atom stereocenters. The molecule has 2 rings (SSSR count). The van der Waals surface area contributed by atoms with E-state index in [0.717, 1.165) is 19.3 Å². The molecule has 1 saturated heterocycles. The normalized spacial score (nSPS) is 29.9. The highest BCUT2D eigenvalue weighted by Gasteiger charge is 2.31. The van der Waals surface area contributed by atoms with Crippen molar-refractivity contribution in [3.63, 3.8) is 0 Å². The Labute approximate surface area is 101 Å². The van der Waals surface area contributed by atoms with Crippen LogP contribution in [-0.4, -0.2) is 35.1 Å². The first-order valence-corrected chi connectivity index (χ1v) is 6.35. The summed E-state index contributed by atoms with van der Waals surface area (Å²) in [6.45, 7) is 1.97. The number of carbonyl (C=O) groups excluding carboxylic acids is 2. The van der Waals surface area contributed by atoms with Gasteiger partial charge < -0.3 is 15.7 Å². The zero-order valence-electron chi connectivity index (χ0n) is 10.1. The van der Waals surface area contributed by atoms with Crippen molar-refractivity contribution >= 4 is 11.8 Å². The van der Waals surface area contributed by atoms with Crippen LogP contribution >= 0.6 is 0 Å². The Morgan fingerprint density at radius 2 is 2.29 bits per heavy atom. The molecule has 0 aromatic carbocycles. The second-order valence-electron chi connectivity index (χ2n) is 5.22. The summed E-state index contributed by atoms with van der Waals surface area (Å²) >= 11 is 0. The SMILES string of the molecule is C[C@@H]1C[C@@H](CCC(O)C(=O)NC2CC2)C(=O)N1. The maximum atomic E-state index is 11.5. The smallest absolute Gasteiger partial charge is 0.249 e. The summed E-state index contributed by atoms with van der Waals surface area (Å²) in [6.07, 6.45) is 2.80. The van der Waals surface area contributed by atoms with Crippen molar-refractivity contribution < 1.29 is 14.7 Å². The van der Waals surface area contributed by atoms with Gasteiger partial charge in [0, 0.05) is 18.0 Å². The van der Waals surface area contributed by atoms with Crippen molar-refractivity contribution in [2.45, 2.75) is 57.2 Å². The summed E-state index contributed by atoms with van der Waals surface area (Å²) in [7, 11) is 0. The average molecular weight is 240 g/mol. The Balaban J connectivity index is 1.69. The van der Waals surface area contributed by atoms with Gasteiger partial charge in [-0.1, -0.05) is 0 Å². The summed E-state index contributed by atoms with van der Waals surface area (Å²) in [5.74, 6) is -0.292. The molecule has 1 saturated carbocycles. The molecule has 5 heteroatoms. The number of rotatable bonds is 5. The Morgan fingerprint density at radius 1 is 1.59 bits per heavy atom. The lowest BCUT2D eigenvalue weighted by atomic mass is 9.97. The van der Waals surface area contributed by atoms with Crippen LogP contribution in [0.3, 0.4) is 0 Å². The minimum absolute atomic E-state index is 0.0478. The molecule has 0 aromatic rings. The van der Waals surface area contributed by atoms with Crippen LogP contribution in [0.4, 0.5) is 0 Å². The van der Waals surface area contributed by atoms with Crippen LogP contribution in [-0.2, 0) is 9.59 Å². The topological polar surface area (TPSA) is 78.4 Å². The fraction of sp³-hybridized carbons (Fsp3) is 0.833. The minimum Gasteiger partial charge on any atom is -0.383 e. The molecule has 3 N–H and O–H groups in total. The van der Waals surface area contributed by atoms with E-state index in [1.807, 2.05) is 6.92 Å². The number of aliphatic hydroxyl groups is 1. The molecule has 0 spiro atoms. The van der Waals surface area contributed by atoms with Crippen LogP contribution in [0.5, 0.6) is 0 Å². The lowest BCUT2D eigenvalue weighted by molar-refractivity contribution is -0.130. The quantitative estimate of drug-likeness (QED) is 0.629. The highest BCUT2D eigenvalue weighted by atomic mass is 16.3. The first-order chi connectivity index (χ1) is 8.06. The Morgan fingerprint density at radius 3 is 2.82 bits per heavy atom. The minimum atomic E-state index is -0.973. The van der Waals surface area contributed by atoms with Gasteiger partial charge in [0.1, 0.15) is 6.10 Å². The molecule has 1 aliphatic carbocycles. The molecule has 2 fully saturated rings. The van der Waals surface area contributed by atoms with Crippen molar-refractivity contribution in [3.05, 3.63) is 0 Å². The number of amides is 2. The predicted octanol–water partition coefficient (Wildman–Crippen LogP) is -0.0693. The number of nitrogens with one attached hydrogen (secondary N) is 2. The number of hydrogen-bond acceptors (Lipinski definition) is 3. The van der Waals surface area contributed by atoms with E-state index < -0.39 is 6.10 Å². The molecule has 2 amide bonds. The van der Waals surface area contributed by atoms with E-state index in [4.69, 9.17) is 0 Å². The second-order valence-corrected chi connectivity index (χ2v) is 5.22. The summed E-state index contributed by atoms with van der Waals surface area (Å²) in [4.78, 5) is 22.9. The monoisotopic (exact) mass is 240 g/mol. The zero-order valence-corrected chi connectivity index (χ0v) is 10.1. The third kappa shape index (κ3) is 3.43. The van der Waals surface area contributed by atoms with Gasteiger partial charge in [-0.25, -0.2) is 0 Å². The van der Waals surface area contributed by atoms with E-state index >= 15 is 0 Å². The van der Waals surface area contributed by atoms with E-state index in [1.165, 1.54) is 0 Å². The third-order valence-electron chi connectivity index (χ3n) is 3.41. The second kappa shape index (κ2) is 5.04. The van der Waals surface area contributed by atoms with Crippen LogP contribution in [0.1, 0.15) is 39.0 Å². The predicted molar refractivity (Wildman–Crippen MR) is 62.1 cm³/mol. The summed E-state index contributed by atoms with van der Waals surface area (Å²) < 4.78 is 0. The highest BCUT2D eigenvalue weighted by Crippen LogP contribution is 2.22. The molecule has 17 heavy (non-hydrogen) atoms. The van der Waals surface area contributed by atoms with E-state index in [0.29, 0.717) is 12.8 Å². The molecule has 5 nitrogen and oxygen atoms in total. The van der Waals surface area contributed by atoms with E-state index in [1.54, 1.807) is 0 Å². The molecule has 1 unspecified atom stereocenters. The maximum absolute atomic E-state index is 11.5. The lowest BCUT2D eigenvalue weighted by Crippen LogP contribution is -2.36. The van der Waals surface area contributed by atoms with Crippen molar-refractivity contribution in [2.24, 2.45) is 5.92 Å². The molecule has 0 aromatic heterocycles. The zero-order chi connectivity index (χ0) is 12.4. The van der Waals surface area contributed by atoms with E-state index in [-0.39, 0.29) is 29.8 Å². The van der Waals surface area contributed by atoms with Gasteiger partial charge in [0.15, 0.2) is 0 Å². The lowest BCUT2D eigenvalue weighted by Gasteiger charge is -2.12. The largest absolute Gasteiger partial charge is 0.383 e. The number of carbonyl (C=O) groups is 2. The Bertz CT molecular complexity index is 315. The summed E-state index contributed by atoms with van der Waals surface area (Å²) in [5.41, 5.74) is 0. The Hall–Kier alpha value is -1.10. The third-order valence-corrected chi connectivity index (χ3v) is 3.41. The van der Waals surface area contributed by atoms with Crippen molar-refractivity contribution in [2.75, 3.05) is 0 Å². The molecular formula is C12H20N2O3. The van der Waals surface area contributed by atoms with Gasteiger partial charge in [-0.3, -0.25) is 9.59 Å². The van der Waals surface area contributed by atoms with Crippen LogP contribution in [0.2, 0.25) is 0 Å². The molecular weight excluding hydrogens is 220 g/mol. The standard InChI is InChI=1S/C12H20N2O3/c1-7-6-8(11(16)13-7)2-5-10(15)12(17)14-9-3-4-9/h7-10,15H,2-6H2,1H3,(H,13,16)(H,14,17)/t7-,8-,10?/m1/s1. The summed E-state index contributed by atoms with van der Waals surface area (Å²) in [5, 5.41) is 15.3. The van der Waals surface area contributed by atoms with Crippen LogP contribution in [0, 0.1) is 5.92 Å². The average Bonchev–Trinajstić information content (AvgIpc) is 3.01. The van der Waals surface area contributed by atoms with Crippen molar-refractivity contribution in [1.29, 1.82) is 0 Å². The number of hydrogen-bond donors (Lipinski definition) is 3. The van der Waals surface area contributed by atoms with Gasteiger partial charge >= 0.3 is 0 Å². The molecule has 2 aliphatic rings. The first-order valence-electron chi connectivity index (χ1n) is 6.35. The number of aliphatic hydroxyl groups excluding tert-OH is 1. The van der Waals surface area contributed by atoms with Gasteiger partial charge in [-0.2, -0.15) is 0 Å². The van der Waals surface area contributed by atoms with Crippen molar-refractivity contribution in [3.8, 4) is 0 Å². The molecule has 1 heterocycles. The van der Waals surface area contributed by atoms with E-state index in [9.17, 15) is 14.7 Å². The van der Waals surface area contributed by atoms with Gasteiger partial charge in [0.25, 0.3) is 0 Å². The molecule has 1 aliphatic heterocycles. The Kier molecular flexibility index (Phi) is 3.66. The van der Waals surface area contributed by atoms with Crippen LogP contribution < -0.4 is 10.6 Å². The highest BCUT2D eigenvalue weighted by molar-refractivity contribution is 5.82. The van der Waals surface area contributed by atoms with Gasteiger partial charge in [-0.15, -0.1) is 0 Å². The first kappa shape index (κ1) is 12.4. The van der Waals surface area contributed by atoms with Crippen LogP contribution in [0.15, 0.2) is 0 Å². The fourth-order valence-corrected chi connectivity index (χ4v) is 2.22. The molecule has 0 bridgehead atoms. The van der Waals surface area contributed by atoms with Gasteiger partial charge in [0.2, 0.25) is 11.8 Å². The van der Waals surface area contributed by atoms with Gasteiger partial charge in [-0.05, 0) is 39.0 Å². The summed E-state index contributed by atoms with van der Waals surface area (Å²) in [6, 6.07) is 0.483. The van der Waals surface area contributed by atoms with E-state index in [2.05, 4.69) is 10.6 Å². The maximum Gasteiger partial charge on any atom is 0.249 e. The van der Waals surface area contributed by atoms with Gasteiger partial charge in [0.05, 0.1) is 0 Å². The fourth-order valence-electron chi connectivity index (χ4n) is 2.22. The van der Waals surface area contributed by atoms with Crippen molar-refractivity contribution in [1.82, 2.24) is 10.6 Å².